The zero-order chi connectivity index (χ0) is 18.7. The van der Waals surface area contributed by atoms with E-state index < -0.39 is 0 Å². The average Bonchev–Trinajstić information content (AvgIpc) is 2.81. The number of rotatable bonds is 5. The van der Waals surface area contributed by atoms with Crippen LogP contribution in [0.25, 0.3) is 0 Å². The summed E-state index contributed by atoms with van der Waals surface area (Å²) in [5.41, 5.74) is 2.12. The van der Waals surface area contributed by atoms with Gasteiger partial charge in [0.05, 0.1) is 0 Å². The maximum Gasteiger partial charge on any atom is 0.247 e. The van der Waals surface area contributed by atoms with Gasteiger partial charge >= 0.3 is 0 Å². The molecule has 2 aromatic carbocycles. The Bertz CT molecular complexity index is 767. The van der Waals surface area contributed by atoms with Crippen molar-refractivity contribution in [3.8, 4) is 0 Å². The molecule has 0 bridgehead atoms. The molecule has 0 radical (unpaired) electrons. The highest BCUT2D eigenvalue weighted by Crippen LogP contribution is 2.33. The van der Waals surface area contributed by atoms with Crippen LogP contribution >= 0.6 is 0 Å². The highest BCUT2D eigenvalue weighted by atomic mass is 16.2. The van der Waals surface area contributed by atoms with Gasteiger partial charge in [-0.3, -0.25) is 4.79 Å². The molecule has 2 atom stereocenters. The number of likely N-dealkylation sites (N-methyl/N-ethyl adjacent to an activating group) is 1. The van der Waals surface area contributed by atoms with Crippen molar-refractivity contribution in [2.75, 3.05) is 7.05 Å². The second kappa shape index (κ2) is 7.36. The third-order valence-electron chi connectivity index (χ3n) is 5.54. The Morgan fingerprint density at radius 3 is 2.23 bits per heavy atom. The lowest BCUT2D eigenvalue weighted by atomic mass is 10.0. The lowest BCUT2D eigenvalue weighted by Crippen LogP contribution is -2.46. The largest absolute Gasteiger partial charge is 0.343 e. The van der Waals surface area contributed by atoms with E-state index in [0.29, 0.717) is 5.92 Å². The summed E-state index contributed by atoms with van der Waals surface area (Å²) in [5, 5.41) is 0. The molecule has 3 heteroatoms. The maximum atomic E-state index is 12.9. The van der Waals surface area contributed by atoms with Crippen LogP contribution in [0.2, 0.25) is 0 Å². The molecule has 0 spiro atoms. The van der Waals surface area contributed by atoms with Crippen LogP contribution < -0.4 is 0 Å². The van der Waals surface area contributed by atoms with Gasteiger partial charge in [-0.2, -0.15) is 0 Å². The molecule has 26 heavy (non-hydrogen) atoms. The van der Waals surface area contributed by atoms with Gasteiger partial charge in [-0.05, 0) is 31.2 Å². The molecule has 0 aromatic heterocycles. The van der Waals surface area contributed by atoms with E-state index in [1.54, 1.807) is 0 Å². The minimum Gasteiger partial charge on any atom is -0.343 e. The molecular formula is C23H28N2O. The third kappa shape index (κ3) is 3.52. The van der Waals surface area contributed by atoms with Gasteiger partial charge in [-0.15, -0.1) is 0 Å². The van der Waals surface area contributed by atoms with E-state index in [1.807, 2.05) is 36.2 Å². The van der Waals surface area contributed by atoms with Crippen molar-refractivity contribution < 1.29 is 4.79 Å². The molecule has 1 saturated heterocycles. The second-order valence-corrected chi connectivity index (χ2v) is 7.55. The molecule has 0 aliphatic carbocycles. The molecule has 1 aliphatic rings. The fourth-order valence-electron chi connectivity index (χ4n) is 3.57. The molecule has 3 nitrogen and oxygen atoms in total. The molecular weight excluding hydrogens is 320 g/mol. The third-order valence-corrected chi connectivity index (χ3v) is 5.54. The summed E-state index contributed by atoms with van der Waals surface area (Å²) in [6.45, 7) is 6.40. The van der Waals surface area contributed by atoms with Crippen molar-refractivity contribution >= 4 is 5.91 Å². The molecule has 1 amide bonds. The molecule has 2 aromatic rings. The SMILES string of the molecule is C[C@@H](/C=C/N1[C@@H](Cc2ccccc2)C(=O)N(C)C1(C)C)c1ccccc1. The van der Waals surface area contributed by atoms with Crippen LogP contribution in [0.4, 0.5) is 0 Å². The number of hydrogen-bond donors (Lipinski definition) is 0. The number of benzene rings is 2. The van der Waals surface area contributed by atoms with Crippen LogP contribution in [0.1, 0.15) is 37.8 Å². The van der Waals surface area contributed by atoms with E-state index in [4.69, 9.17) is 0 Å². The standard InChI is InChI=1S/C23H28N2O/c1-18(20-13-9-6-10-14-20)15-16-25-21(17-19-11-7-5-8-12-19)22(26)24(4)23(25,2)3/h5-16,18,21H,17H2,1-4H3/b16-15+/t18-,21-/m0/s1. The van der Waals surface area contributed by atoms with Crippen LogP contribution in [-0.2, 0) is 11.2 Å². The molecule has 1 aliphatic heterocycles. The Morgan fingerprint density at radius 1 is 1.04 bits per heavy atom. The van der Waals surface area contributed by atoms with Gasteiger partial charge < -0.3 is 9.80 Å². The molecule has 136 valence electrons. The normalized spacial score (nSPS) is 20.8. The Morgan fingerprint density at radius 2 is 1.62 bits per heavy atom. The minimum atomic E-state index is -0.344. The van der Waals surface area contributed by atoms with E-state index >= 15 is 0 Å². The van der Waals surface area contributed by atoms with Gasteiger partial charge in [0.2, 0.25) is 5.91 Å². The fraction of sp³-hybridized carbons (Fsp3) is 0.348. The zero-order valence-corrected chi connectivity index (χ0v) is 16.1. The first kappa shape index (κ1) is 18.2. The van der Waals surface area contributed by atoms with Crippen LogP contribution in [0.5, 0.6) is 0 Å². The van der Waals surface area contributed by atoms with Crippen molar-refractivity contribution in [2.24, 2.45) is 0 Å². The van der Waals surface area contributed by atoms with Crippen molar-refractivity contribution in [3.63, 3.8) is 0 Å². The summed E-state index contributed by atoms with van der Waals surface area (Å²) in [6, 6.07) is 20.5. The van der Waals surface area contributed by atoms with Gasteiger partial charge in [0.15, 0.2) is 0 Å². The van der Waals surface area contributed by atoms with E-state index in [0.717, 1.165) is 6.42 Å². The molecule has 0 N–H and O–H groups in total. The minimum absolute atomic E-state index is 0.170. The molecule has 0 saturated carbocycles. The van der Waals surface area contributed by atoms with Crippen molar-refractivity contribution in [1.82, 2.24) is 9.80 Å². The summed E-state index contributed by atoms with van der Waals surface area (Å²) in [6.07, 6.45) is 5.03. The summed E-state index contributed by atoms with van der Waals surface area (Å²) in [7, 11) is 1.90. The van der Waals surface area contributed by atoms with E-state index in [2.05, 4.69) is 74.3 Å². The molecule has 0 unspecified atom stereocenters. The highest BCUT2D eigenvalue weighted by molar-refractivity contribution is 5.85. The fourth-order valence-corrected chi connectivity index (χ4v) is 3.57. The lowest BCUT2D eigenvalue weighted by molar-refractivity contribution is -0.129. The van der Waals surface area contributed by atoms with Crippen molar-refractivity contribution in [3.05, 3.63) is 84.1 Å². The number of allylic oxidation sites excluding steroid dienone is 1. The maximum absolute atomic E-state index is 12.9. The summed E-state index contributed by atoms with van der Waals surface area (Å²) >= 11 is 0. The quantitative estimate of drug-likeness (QED) is 0.798. The predicted molar refractivity (Wildman–Crippen MR) is 107 cm³/mol. The highest BCUT2D eigenvalue weighted by Gasteiger charge is 2.47. The first-order chi connectivity index (χ1) is 12.4. The van der Waals surface area contributed by atoms with Gasteiger partial charge in [0.1, 0.15) is 11.7 Å². The van der Waals surface area contributed by atoms with E-state index in [-0.39, 0.29) is 17.6 Å². The summed E-state index contributed by atoms with van der Waals surface area (Å²) in [5.74, 6) is 0.473. The summed E-state index contributed by atoms with van der Waals surface area (Å²) < 4.78 is 0. The first-order valence-electron chi connectivity index (χ1n) is 9.24. The van der Waals surface area contributed by atoms with Crippen LogP contribution in [-0.4, -0.2) is 34.5 Å². The molecule has 1 heterocycles. The molecule has 3 rings (SSSR count). The first-order valence-corrected chi connectivity index (χ1v) is 9.24. The Kier molecular flexibility index (Phi) is 5.17. The average molecular weight is 348 g/mol. The Balaban J connectivity index is 1.85. The number of carbonyl (C=O) groups is 1. The van der Waals surface area contributed by atoms with Crippen molar-refractivity contribution in [1.29, 1.82) is 0 Å². The van der Waals surface area contributed by atoms with Gasteiger partial charge in [0, 0.05) is 19.4 Å². The second-order valence-electron chi connectivity index (χ2n) is 7.55. The van der Waals surface area contributed by atoms with E-state index in [9.17, 15) is 4.79 Å². The van der Waals surface area contributed by atoms with Gasteiger partial charge in [0.25, 0.3) is 0 Å². The lowest BCUT2D eigenvalue weighted by Gasteiger charge is -2.36. The summed E-state index contributed by atoms with van der Waals surface area (Å²) in [4.78, 5) is 17.0. The number of nitrogens with zero attached hydrogens (tertiary/aromatic N) is 2. The number of hydrogen-bond acceptors (Lipinski definition) is 2. The monoisotopic (exact) mass is 348 g/mol. The molecule has 1 fully saturated rings. The zero-order valence-electron chi connectivity index (χ0n) is 16.1. The van der Waals surface area contributed by atoms with Crippen molar-refractivity contribution in [2.45, 2.75) is 44.8 Å². The van der Waals surface area contributed by atoms with Crippen LogP contribution in [0.15, 0.2) is 72.9 Å². The topological polar surface area (TPSA) is 23.6 Å². The van der Waals surface area contributed by atoms with E-state index in [1.165, 1.54) is 11.1 Å². The smallest absolute Gasteiger partial charge is 0.247 e. The Labute approximate surface area is 156 Å². The van der Waals surface area contributed by atoms with Gasteiger partial charge in [-0.25, -0.2) is 0 Å². The van der Waals surface area contributed by atoms with Gasteiger partial charge in [-0.1, -0.05) is 73.7 Å². The number of carbonyl (C=O) groups excluding carboxylic acids is 1. The Hall–Kier alpha value is -2.55. The van der Waals surface area contributed by atoms with Crippen LogP contribution in [0.3, 0.4) is 0 Å². The van der Waals surface area contributed by atoms with Crippen LogP contribution in [0, 0.1) is 0 Å². The number of amides is 1. The predicted octanol–water partition coefficient (Wildman–Crippen LogP) is 4.43.